The van der Waals surface area contributed by atoms with E-state index in [1.54, 1.807) is 0 Å². The molecule has 0 nitrogen and oxygen atoms in total. The van der Waals surface area contributed by atoms with Crippen LogP contribution in [0.2, 0.25) is 0 Å². The third-order valence-electron chi connectivity index (χ3n) is 0.433. The maximum absolute atomic E-state index is 6.48. The van der Waals surface area contributed by atoms with Gasteiger partial charge in [-0.05, 0) is 13.0 Å². The first-order chi connectivity index (χ1) is 2.41. The lowest BCUT2D eigenvalue weighted by Crippen LogP contribution is -1.52. The molecular formula is C5H8. The van der Waals surface area contributed by atoms with E-state index in [1.807, 2.05) is 0 Å². The Bertz CT molecular complexity index is 21.2. The Labute approximate surface area is 33.5 Å². The molecule has 0 aliphatic rings. The fraction of sp³-hybridized carbons (Fsp3) is 0.600. The first-order valence-electron chi connectivity index (χ1n) is 1.90. The summed E-state index contributed by atoms with van der Waals surface area (Å²) in [5, 5.41) is 0. The van der Waals surface area contributed by atoms with Crippen molar-refractivity contribution in [1.29, 1.82) is 0 Å². The average Bonchev–Trinajstić information content (AvgIpc) is 1.41. The minimum Gasteiger partial charge on any atom is -0.0760 e. The van der Waals surface area contributed by atoms with Crippen LogP contribution in [-0.2, 0) is 0 Å². The summed E-state index contributed by atoms with van der Waals surface area (Å²) in [5.41, 5.74) is 0. The van der Waals surface area contributed by atoms with Crippen molar-refractivity contribution in [3.8, 4) is 0 Å². The van der Waals surface area contributed by atoms with E-state index in [-0.39, 0.29) is 0 Å². The van der Waals surface area contributed by atoms with Crippen LogP contribution in [0.4, 0.5) is 0 Å². The molecule has 0 saturated carbocycles. The maximum atomic E-state index is 6.48. The van der Waals surface area contributed by atoms with E-state index < -0.39 is 0 Å². The summed E-state index contributed by atoms with van der Waals surface area (Å²) >= 11 is 0. The molecule has 0 aliphatic carbocycles. The lowest BCUT2D eigenvalue weighted by atomic mass is 10.3. The molecule has 0 fully saturated rings. The largest absolute Gasteiger partial charge is 0.0760 e. The topological polar surface area (TPSA) is 0 Å². The highest BCUT2D eigenvalue weighted by atomic mass is 13.7. The molecule has 0 unspecified atom stereocenters. The Kier molecular flexibility index (Phi) is 3.55. The van der Waals surface area contributed by atoms with Crippen molar-refractivity contribution in [3.05, 3.63) is 12.7 Å². The smallest absolute Gasteiger partial charge is 0.0146 e. The van der Waals surface area contributed by atoms with Crippen molar-refractivity contribution < 1.29 is 0 Å². The van der Waals surface area contributed by atoms with E-state index in [0.717, 1.165) is 12.8 Å². The first-order valence-corrected chi connectivity index (χ1v) is 1.90. The van der Waals surface area contributed by atoms with Crippen LogP contribution in [0, 0.1) is 6.58 Å². The van der Waals surface area contributed by atoms with Crippen LogP contribution in [0.5, 0.6) is 0 Å². The van der Waals surface area contributed by atoms with Gasteiger partial charge >= 0.3 is 0 Å². The molecule has 0 bridgehead atoms. The predicted molar refractivity (Wildman–Crippen MR) is 22.7 cm³/mol. The van der Waals surface area contributed by atoms with Gasteiger partial charge in [0.25, 0.3) is 0 Å². The lowest BCUT2D eigenvalue weighted by molar-refractivity contribution is 0.960. The summed E-state index contributed by atoms with van der Waals surface area (Å²) in [5.74, 6) is 0. The predicted octanol–water partition coefficient (Wildman–Crippen LogP) is 1.65. The van der Waals surface area contributed by atoms with Gasteiger partial charge in [0.05, 0.1) is 0 Å². The number of rotatable bonds is 2. The molecule has 0 rings (SSSR count). The van der Waals surface area contributed by atoms with Crippen LogP contribution in [0.3, 0.4) is 0 Å². The summed E-state index contributed by atoms with van der Waals surface area (Å²) in [4.78, 5) is 0. The maximum Gasteiger partial charge on any atom is -0.0146 e. The van der Waals surface area contributed by atoms with Crippen LogP contribution < -0.4 is 0 Å². The number of hydrogen-bond acceptors (Lipinski definition) is 0. The molecule has 0 saturated heterocycles. The molecule has 5 heavy (non-hydrogen) atoms. The number of unbranched alkanes of at least 4 members (excludes halogenated alkanes) is 1. The fourth-order valence-electron chi connectivity index (χ4n) is 0.144. The average molecular weight is 68.1 g/mol. The Morgan fingerprint density at radius 1 is 1.80 bits per heavy atom. The van der Waals surface area contributed by atoms with Gasteiger partial charge in [0.2, 0.25) is 0 Å². The molecular weight excluding hydrogens is 60.1 g/mol. The van der Waals surface area contributed by atoms with Crippen molar-refractivity contribution in [3.63, 3.8) is 0 Å². The van der Waals surface area contributed by atoms with Crippen LogP contribution in [-0.4, -0.2) is 0 Å². The van der Waals surface area contributed by atoms with Crippen LogP contribution in [0.15, 0.2) is 6.08 Å². The van der Waals surface area contributed by atoms with Crippen molar-refractivity contribution in [2.45, 2.75) is 19.8 Å². The van der Waals surface area contributed by atoms with Gasteiger partial charge in [0, 0.05) is 0 Å². The zero-order valence-corrected chi connectivity index (χ0v) is 3.49. The number of allylic oxidation sites excluding steroid dienone is 1. The highest BCUT2D eigenvalue weighted by molar-refractivity contribution is 4.58. The molecule has 0 aromatic rings. The molecule has 0 aromatic carbocycles. The van der Waals surface area contributed by atoms with E-state index in [1.165, 1.54) is 6.08 Å². The van der Waals surface area contributed by atoms with Gasteiger partial charge in [-0.3, -0.25) is 0 Å². The summed E-state index contributed by atoms with van der Waals surface area (Å²) in [6, 6.07) is 0. The normalized spacial score (nSPS) is 7.40. The summed E-state index contributed by atoms with van der Waals surface area (Å²) in [7, 11) is 0. The molecule has 0 N–H and O–H groups in total. The molecule has 28 valence electrons. The summed E-state index contributed by atoms with van der Waals surface area (Å²) in [6.45, 7) is 8.54. The van der Waals surface area contributed by atoms with E-state index in [9.17, 15) is 0 Å². The van der Waals surface area contributed by atoms with Gasteiger partial charge < -0.3 is 0 Å². The molecule has 0 heterocycles. The molecule has 0 aliphatic heterocycles. The minimum atomic E-state index is 0.931. The van der Waals surface area contributed by atoms with E-state index in [4.69, 9.17) is 6.58 Å². The van der Waals surface area contributed by atoms with Gasteiger partial charge in [0.15, 0.2) is 0 Å². The van der Waals surface area contributed by atoms with Gasteiger partial charge in [-0.1, -0.05) is 19.4 Å². The van der Waals surface area contributed by atoms with E-state index >= 15 is 0 Å². The van der Waals surface area contributed by atoms with Gasteiger partial charge in [0.1, 0.15) is 0 Å². The summed E-state index contributed by atoms with van der Waals surface area (Å²) < 4.78 is 0. The monoisotopic (exact) mass is 68.1 g/mol. The van der Waals surface area contributed by atoms with Gasteiger partial charge in [-0.15, -0.1) is 0 Å². The SMILES string of the molecule is [C]=CCCC. The van der Waals surface area contributed by atoms with Crippen LogP contribution in [0.1, 0.15) is 19.8 Å². The third-order valence-corrected chi connectivity index (χ3v) is 0.433. The van der Waals surface area contributed by atoms with E-state index in [0.29, 0.717) is 0 Å². The van der Waals surface area contributed by atoms with Crippen LogP contribution in [0.25, 0.3) is 0 Å². The second-order valence-electron chi connectivity index (χ2n) is 0.993. The zero-order chi connectivity index (χ0) is 4.12. The molecule has 2 radical (unpaired) electrons. The number of hydrogen-bond donors (Lipinski definition) is 0. The zero-order valence-electron chi connectivity index (χ0n) is 3.49. The van der Waals surface area contributed by atoms with E-state index in [2.05, 4.69) is 6.92 Å². The second kappa shape index (κ2) is 3.74. The lowest BCUT2D eigenvalue weighted by Gasteiger charge is -1.72. The van der Waals surface area contributed by atoms with Crippen molar-refractivity contribution >= 4 is 0 Å². The Morgan fingerprint density at radius 2 is 2.40 bits per heavy atom. The second-order valence-corrected chi connectivity index (χ2v) is 0.993. The Morgan fingerprint density at radius 3 is 2.40 bits per heavy atom. The van der Waals surface area contributed by atoms with Gasteiger partial charge in [-0.2, -0.15) is 0 Å². The molecule has 0 spiro atoms. The van der Waals surface area contributed by atoms with Crippen molar-refractivity contribution in [1.82, 2.24) is 0 Å². The molecule has 0 aromatic heterocycles. The van der Waals surface area contributed by atoms with Crippen molar-refractivity contribution in [2.24, 2.45) is 0 Å². The highest BCUT2D eigenvalue weighted by Gasteiger charge is 1.62. The standard InChI is InChI=1S/C5H8/c1-3-5-4-2/h4H,3,5H2,1H3. The van der Waals surface area contributed by atoms with Crippen molar-refractivity contribution in [2.75, 3.05) is 0 Å². The van der Waals surface area contributed by atoms with Crippen LogP contribution >= 0.6 is 0 Å². The minimum absolute atomic E-state index is 0.931. The molecule has 0 amide bonds. The highest BCUT2D eigenvalue weighted by Crippen LogP contribution is 1.81. The quantitative estimate of drug-likeness (QED) is 0.461. The Hall–Kier alpha value is -0.260. The van der Waals surface area contributed by atoms with Gasteiger partial charge in [-0.25, -0.2) is 0 Å². The first kappa shape index (κ1) is 4.74. The summed E-state index contributed by atoms with van der Waals surface area (Å²) in [6.07, 6.45) is 3.46. The fourth-order valence-corrected chi connectivity index (χ4v) is 0.144. The third kappa shape index (κ3) is 3.74. The molecule has 0 heteroatoms. The Balaban J connectivity index is 2.40. The molecule has 0 atom stereocenters.